The third kappa shape index (κ3) is 4.61. The molecule has 0 aliphatic carbocycles. The van der Waals surface area contributed by atoms with Crippen molar-refractivity contribution in [3.05, 3.63) is 35.4 Å². The van der Waals surface area contributed by atoms with Crippen LogP contribution in [0.1, 0.15) is 11.1 Å². The van der Waals surface area contributed by atoms with Gasteiger partial charge in [-0.1, -0.05) is 12.1 Å². The van der Waals surface area contributed by atoms with Gasteiger partial charge in [-0.25, -0.2) is 0 Å². The monoisotopic (exact) mass is 275 g/mol. The van der Waals surface area contributed by atoms with Gasteiger partial charge in [-0.15, -0.1) is 0 Å². The maximum absolute atomic E-state index is 12.3. The minimum absolute atomic E-state index is 0.137. The fraction of sp³-hybridized carbons (Fsp3) is 0.333. The van der Waals surface area contributed by atoms with Crippen molar-refractivity contribution in [1.29, 1.82) is 0 Å². The van der Waals surface area contributed by atoms with Crippen LogP contribution in [0, 0.1) is 0 Å². The Morgan fingerprint density at radius 3 is 2.16 bits per heavy atom. The molecule has 0 heterocycles. The molecule has 19 heavy (non-hydrogen) atoms. The molecule has 0 spiro atoms. The number of carboxylic acid groups (broad SMARTS) is 1. The van der Waals surface area contributed by atoms with Gasteiger partial charge in [0.2, 0.25) is 5.91 Å². The Hall–Kier alpha value is -2.05. The summed E-state index contributed by atoms with van der Waals surface area (Å²) in [6.07, 6.45) is -4.55. The van der Waals surface area contributed by atoms with E-state index in [1.54, 1.807) is 0 Å². The van der Waals surface area contributed by atoms with Crippen LogP contribution in [0.15, 0.2) is 24.3 Å². The van der Waals surface area contributed by atoms with Crippen LogP contribution in [0.4, 0.5) is 13.2 Å². The van der Waals surface area contributed by atoms with Crippen LogP contribution < -0.4 is 0 Å². The molecule has 1 amide bonds. The van der Waals surface area contributed by atoms with Crippen LogP contribution in [0.25, 0.3) is 0 Å². The molecule has 0 saturated carbocycles. The number of rotatable bonds is 4. The number of aliphatic carboxylic acids is 1. The van der Waals surface area contributed by atoms with Crippen LogP contribution >= 0.6 is 0 Å². The highest BCUT2D eigenvalue weighted by molar-refractivity contribution is 5.82. The van der Waals surface area contributed by atoms with Crippen molar-refractivity contribution >= 4 is 11.9 Å². The van der Waals surface area contributed by atoms with Gasteiger partial charge in [0.15, 0.2) is 0 Å². The molecule has 0 saturated heterocycles. The molecule has 0 fully saturated rings. The Morgan fingerprint density at radius 2 is 1.74 bits per heavy atom. The van der Waals surface area contributed by atoms with Crippen LogP contribution in [0.3, 0.4) is 0 Å². The highest BCUT2D eigenvalue weighted by atomic mass is 19.4. The van der Waals surface area contributed by atoms with Crippen LogP contribution in [-0.4, -0.2) is 35.5 Å². The minimum atomic E-state index is -4.41. The fourth-order valence-electron chi connectivity index (χ4n) is 1.41. The van der Waals surface area contributed by atoms with Gasteiger partial charge in [-0.05, 0) is 17.7 Å². The molecule has 0 aromatic heterocycles. The van der Waals surface area contributed by atoms with E-state index >= 15 is 0 Å². The molecule has 0 radical (unpaired) electrons. The van der Waals surface area contributed by atoms with Gasteiger partial charge in [0, 0.05) is 7.05 Å². The van der Waals surface area contributed by atoms with Crippen molar-refractivity contribution in [2.24, 2.45) is 0 Å². The lowest BCUT2D eigenvalue weighted by atomic mass is 10.1. The number of carbonyl (C=O) groups is 2. The standard InChI is InChI=1S/C12H12F3NO3/c1-16(7-11(18)19)10(17)6-8-2-4-9(5-3-8)12(13,14)15/h2-5H,6-7H2,1H3,(H,18,19). The topological polar surface area (TPSA) is 57.6 Å². The zero-order valence-corrected chi connectivity index (χ0v) is 10.1. The predicted molar refractivity (Wildman–Crippen MR) is 60.4 cm³/mol. The SMILES string of the molecule is CN(CC(=O)O)C(=O)Cc1ccc(C(F)(F)F)cc1. The number of carbonyl (C=O) groups excluding carboxylic acids is 1. The van der Waals surface area contributed by atoms with Gasteiger partial charge in [0.25, 0.3) is 0 Å². The average molecular weight is 275 g/mol. The Kier molecular flexibility index (Phi) is 4.52. The molecule has 1 aromatic rings. The molecule has 0 aliphatic heterocycles. The molecule has 7 heteroatoms. The first kappa shape index (κ1) is 15.0. The molecular weight excluding hydrogens is 263 g/mol. The van der Waals surface area contributed by atoms with Crippen LogP contribution in [-0.2, 0) is 22.2 Å². The van der Waals surface area contributed by atoms with Crippen molar-refractivity contribution in [3.8, 4) is 0 Å². The van der Waals surface area contributed by atoms with Crippen molar-refractivity contribution in [2.75, 3.05) is 13.6 Å². The van der Waals surface area contributed by atoms with Crippen molar-refractivity contribution in [2.45, 2.75) is 12.6 Å². The third-order valence-electron chi connectivity index (χ3n) is 2.43. The second-order valence-corrected chi connectivity index (χ2v) is 4.01. The Morgan fingerprint density at radius 1 is 1.21 bits per heavy atom. The molecule has 0 unspecified atom stereocenters. The molecule has 1 aromatic carbocycles. The Balaban J connectivity index is 2.68. The summed E-state index contributed by atoms with van der Waals surface area (Å²) >= 11 is 0. The summed E-state index contributed by atoms with van der Waals surface area (Å²) < 4.78 is 36.9. The lowest BCUT2D eigenvalue weighted by Crippen LogP contribution is -2.33. The van der Waals surface area contributed by atoms with Crippen LogP contribution in [0.5, 0.6) is 0 Å². The normalized spacial score (nSPS) is 11.2. The van der Waals surface area contributed by atoms with E-state index in [0.29, 0.717) is 5.56 Å². The second kappa shape index (κ2) is 5.73. The molecule has 1 rings (SSSR count). The van der Waals surface area contributed by atoms with E-state index in [4.69, 9.17) is 5.11 Å². The number of alkyl halides is 3. The molecule has 0 aliphatic rings. The number of carboxylic acids is 1. The number of hydrogen-bond donors (Lipinski definition) is 1. The number of hydrogen-bond acceptors (Lipinski definition) is 2. The number of benzene rings is 1. The lowest BCUT2D eigenvalue weighted by molar-refractivity contribution is -0.143. The van der Waals surface area contributed by atoms with E-state index < -0.39 is 30.2 Å². The highest BCUT2D eigenvalue weighted by Crippen LogP contribution is 2.29. The Bertz CT molecular complexity index is 468. The molecular formula is C12H12F3NO3. The van der Waals surface area contributed by atoms with E-state index in [9.17, 15) is 22.8 Å². The minimum Gasteiger partial charge on any atom is -0.480 e. The number of amides is 1. The van der Waals surface area contributed by atoms with Crippen LogP contribution in [0.2, 0.25) is 0 Å². The lowest BCUT2D eigenvalue weighted by Gasteiger charge is -2.14. The smallest absolute Gasteiger partial charge is 0.416 e. The summed E-state index contributed by atoms with van der Waals surface area (Å²) in [4.78, 5) is 23.0. The summed E-state index contributed by atoms with van der Waals surface area (Å²) in [6.45, 7) is -0.445. The number of halogens is 3. The average Bonchev–Trinajstić information content (AvgIpc) is 2.27. The summed E-state index contributed by atoms with van der Waals surface area (Å²) in [5.74, 6) is -1.62. The zero-order chi connectivity index (χ0) is 14.6. The second-order valence-electron chi connectivity index (χ2n) is 4.01. The maximum atomic E-state index is 12.3. The summed E-state index contributed by atoms with van der Waals surface area (Å²) in [5, 5.41) is 8.51. The van der Waals surface area contributed by atoms with Crippen molar-refractivity contribution < 1.29 is 27.9 Å². The molecule has 104 valence electrons. The molecule has 1 N–H and O–H groups in total. The number of likely N-dealkylation sites (N-methyl/N-ethyl adjacent to an activating group) is 1. The Labute approximate surface area is 107 Å². The van der Waals surface area contributed by atoms with Gasteiger partial charge >= 0.3 is 12.1 Å². The molecule has 4 nitrogen and oxygen atoms in total. The first-order chi connectivity index (χ1) is 8.70. The third-order valence-corrected chi connectivity index (χ3v) is 2.43. The maximum Gasteiger partial charge on any atom is 0.416 e. The summed E-state index contributed by atoms with van der Waals surface area (Å²) in [6, 6.07) is 4.18. The largest absolute Gasteiger partial charge is 0.480 e. The van der Waals surface area contributed by atoms with Crippen molar-refractivity contribution in [1.82, 2.24) is 4.90 Å². The van der Waals surface area contributed by atoms with E-state index in [-0.39, 0.29) is 6.42 Å². The van der Waals surface area contributed by atoms with Gasteiger partial charge in [0.05, 0.1) is 12.0 Å². The molecule has 0 bridgehead atoms. The van der Waals surface area contributed by atoms with Gasteiger partial charge in [-0.2, -0.15) is 13.2 Å². The summed E-state index contributed by atoms with van der Waals surface area (Å²) in [7, 11) is 1.32. The number of nitrogens with zero attached hydrogens (tertiary/aromatic N) is 1. The van der Waals surface area contributed by atoms with E-state index in [1.165, 1.54) is 19.2 Å². The van der Waals surface area contributed by atoms with E-state index in [1.807, 2.05) is 0 Å². The zero-order valence-electron chi connectivity index (χ0n) is 10.1. The van der Waals surface area contributed by atoms with E-state index in [0.717, 1.165) is 17.0 Å². The quantitative estimate of drug-likeness (QED) is 0.911. The van der Waals surface area contributed by atoms with Gasteiger partial charge in [-0.3, -0.25) is 9.59 Å². The highest BCUT2D eigenvalue weighted by Gasteiger charge is 2.30. The van der Waals surface area contributed by atoms with Crippen molar-refractivity contribution in [3.63, 3.8) is 0 Å². The van der Waals surface area contributed by atoms with Gasteiger partial charge in [0.1, 0.15) is 6.54 Å². The summed E-state index contributed by atoms with van der Waals surface area (Å²) in [5.41, 5.74) is -0.391. The fourth-order valence-corrected chi connectivity index (χ4v) is 1.41. The van der Waals surface area contributed by atoms with E-state index in [2.05, 4.69) is 0 Å². The van der Waals surface area contributed by atoms with Gasteiger partial charge < -0.3 is 10.0 Å². The first-order valence-corrected chi connectivity index (χ1v) is 5.32. The molecule has 0 atom stereocenters. The predicted octanol–water partition coefficient (Wildman–Crippen LogP) is 1.79. The first-order valence-electron chi connectivity index (χ1n) is 5.32.